The first-order chi connectivity index (χ1) is 9.63. The molecule has 0 unspecified atom stereocenters. The van der Waals surface area contributed by atoms with Crippen molar-refractivity contribution >= 4 is 17.6 Å². The van der Waals surface area contributed by atoms with Gasteiger partial charge in [-0.2, -0.15) is 0 Å². The van der Waals surface area contributed by atoms with Gasteiger partial charge in [0.1, 0.15) is 0 Å². The summed E-state index contributed by atoms with van der Waals surface area (Å²) in [4.78, 5) is 11.5. The second-order valence-electron chi connectivity index (χ2n) is 6.37. The molecular weight excluding hydrogens is 272 g/mol. The molecule has 0 spiro atoms. The minimum Gasteiger partial charge on any atom is -0.481 e. The molecule has 0 atom stereocenters. The molecule has 0 radical (unpaired) electrons. The van der Waals surface area contributed by atoms with Crippen LogP contribution in [-0.4, -0.2) is 11.1 Å². The molecule has 2 aliphatic rings. The molecule has 2 nitrogen and oxygen atoms in total. The number of aliphatic carboxylic acids is 1. The maximum atomic E-state index is 11.5. The number of carboxylic acid groups (broad SMARTS) is 1. The Kier molecular flexibility index (Phi) is 3.76. The van der Waals surface area contributed by atoms with E-state index in [4.69, 9.17) is 11.6 Å². The molecule has 3 rings (SSSR count). The lowest BCUT2D eigenvalue weighted by atomic mass is 9.51. The molecule has 2 bridgehead atoms. The Morgan fingerprint density at radius 3 is 2.05 bits per heavy atom. The van der Waals surface area contributed by atoms with E-state index in [1.54, 1.807) is 0 Å². The van der Waals surface area contributed by atoms with Crippen molar-refractivity contribution in [2.24, 2.45) is 11.8 Å². The molecule has 3 heteroatoms. The highest BCUT2D eigenvalue weighted by molar-refractivity contribution is 6.30. The number of hydrogen-bond acceptors (Lipinski definition) is 1. The molecule has 0 aromatic heterocycles. The maximum Gasteiger partial charge on any atom is 0.304 e. The summed E-state index contributed by atoms with van der Waals surface area (Å²) in [6, 6.07) is 7.93. The Morgan fingerprint density at radius 2 is 1.60 bits per heavy atom. The highest BCUT2D eigenvalue weighted by Gasteiger charge is 2.51. The van der Waals surface area contributed by atoms with Gasteiger partial charge >= 0.3 is 5.97 Å². The first-order valence-corrected chi connectivity index (χ1v) is 7.98. The van der Waals surface area contributed by atoms with Crippen molar-refractivity contribution in [2.45, 2.75) is 50.4 Å². The quantitative estimate of drug-likeness (QED) is 0.880. The van der Waals surface area contributed by atoms with Crippen LogP contribution in [0.1, 0.15) is 50.5 Å². The summed E-state index contributed by atoms with van der Waals surface area (Å²) >= 11 is 6.01. The van der Waals surface area contributed by atoms with Crippen LogP contribution in [-0.2, 0) is 10.2 Å². The third-order valence-electron chi connectivity index (χ3n) is 5.49. The minimum atomic E-state index is -0.668. The smallest absolute Gasteiger partial charge is 0.304 e. The van der Waals surface area contributed by atoms with Gasteiger partial charge in [0.15, 0.2) is 0 Å². The van der Waals surface area contributed by atoms with E-state index >= 15 is 0 Å². The molecule has 0 aliphatic heterocycles. The summed E-state index contributed by atoms with van der Waals surface area (Å²) < 4.78 is 0. The van der Waals surface area contributed by atoms with Gasteiger partial charge in [0.25, 0.3) is 0 Å². The van der Waals surface area contributed by atoms with E-state index in [9.17, 15) is 9.90 Å². The number of halogens is 1. The van der Waals surface area contributed by atoms with Gasteiger partial charge in [-0.15, -0.1) is 0 Å². The molecule has 0 amide bonds. The lowest BCUT2D eigenvalue weighted by Crippen LogP contribution is -2.49. The summed E-state index contributed by atoms with van der Waals surface area (Å²) in [6.45, 7) is 0. The van der Waals surface area contributed by atoms with Crippen LogP contribution in [0.2, 0.25) is 5.02 Å². The van der Waals surface area contributed by atoms with Crippen molar-refractivity contribution in [1.29, 1.82) is 0 Å². The second kappa shape index (κ2) is 5.40. The zero-order chi connectivity index (χ0) is 14.2. The van der Waals surface area contributed by atoms with Crippen LogP contribution in [0.3, 0.4) is 0 Å². The van der Waals surface area contributed by atoms with Crippen molar-refractivity contribution < 1.29 is 9.90 Å². The third kappa shape index (κ3) is 2.24. The van der Waals surface area contributed by atoms with Gasteiger partial charge < -0.3 is 5.11 Å². The predicted molar refractivity (Wildman–Crippen MR) is 80.1 cm³/mol. The Labute approximate surface area is 125 Å². The number of hydrogen-bond donors (Lipinski definition) is 1. The van der Waals surface area contributed by atoms with E-state index in [1.807, 2.05) is 12.1 Å². The number of fused-ring (bicyclic) bond motifs is 2. The van der Waals surface area contributed by atoms with Crippen LogP contribution in [0, 0.1) is 11.8 Å². The van der Waals surface area contributed by atoms with Gasteiger partial charge in [-0.05, 0) is 55.2 Å². The average molecular weight is 293 g/mol. The summed E-state index contributed by atoms with van der Waals surface area (Å²) in [5, 5.41) is 10.2. The van der Waals surface area contributed by atoms with Crippen molar-refractivity contribution in [3.8, 4) is 0 Å². The van der Waals surface area contributed by atoms with E-state index < -0.39 is 5.97 Å². The van der Waals surface area contributed by atoms with Gasteiger partial charge in [-0.1, -0.05) is 36.6 Å². The van der Waals surface area contributed by atoms with E-state index in [2.05, 4.69) is 12.1 Å². The third-order valence-corrected chi connectivity index (χ3v) is 5.74. The van der Waals surface area contributed by atoms with Crippen LogP contribution in [0.25, 0.3) is 0 Å². The largest absolute Gasteiger partial charge is 0.481 e. The van der Waals surface area contributed by atoms with Gasteiger partial charge in [0.2, 0.25) is 0 Å². The van der Waals surface area contributed by atoms with Gasteiger partial charge in [0, 0.05) is 10.4 Å². The number of benzene rings is 1. The first-order valence-electron chi connectivity index (χ1n) is 7.61. The van der Waals surface area contributed by atoms with Crippen LogP contribution in [0.15, 0.2) is 24.3 Å². The SMILES string of the molecule is O=C(O)CC1(c2ccc(Cl)cc2)C2CCCC1CCC2. The summed E-state index contributed by atoms with van der Waals surface area (Å²) in [5.74, 6) is 0.373. The van der Waals surface area contributed by atoms with Crippen LogP contribution in [0.4, 0.5) is 0 Å². The molecule has 20 heavy (non-hydrogen) atoms. The molecule has 1 aromatic carbocycles. The fourth-order valence-corrected chi connectivity index (χ4v) is 4.87. The molecule has 108 valence electrons. The highest BCUT2D eigenvalue weighted by Crippen LogP contribution is 2.56. The molecule has 0 saturated heterocycles. The Bertz CT molecular complexity index is 472. The molecule has 2 saturated carbocycles. The van der Waals surface area contributed by atoms with Gasteiger partial charge in [0.05, 0.1) is 6.42 Å². The van der Waals surface area contributed by atoms with Crippen molar-refractivity contribution in [3.05, 3.63) is 34.9 Å². The van der Waals surface area contributed by atoms with Gasteiger partial charge in [-0.3, -0.25) is 4.79 Å². The molecule has 2 fully saturated rings. The van der Waals surface area contributed by atoms with E-state index in [1.165, 1.54) is 44.1 Å². The molecule has 2 aliphatic carbocycles. The topological polar surface area (TPSA) is 37.3 Å². The van der Waals surface area contributed by atoms with E-state index in [-0.39, 0.29) is 11.8 Å². The van der Waals surface area contributed by atoms with Crippen molar-refractivity contribution in [3.63, 3.8) is 0 Å². The van der Waals surface area contributed by atoms with Crippen LogP contribution in [0.5, 0.6) is 0 Å². The molecule has 1 N–H and O–H groups in total. The molecular formula is C17H21ClO2. The number of rotatable bonds is 3. The minimum absolute atomic E-state index is 0.160. The van der Waals surface area contributed by atoms with Gasteiger partial charge in [-0.25, -0.2) is 0 Å². The molecule has 0 heterocycles. The standard InChI is InChI=1S/C17H21ClO2/c18-15-9-7-14(8-10-15)17(11-16(19)20)12-3-1-4-13(17)6-2-5-12/h7-10,12-13H,1-6,11H2,(H,19,20). The second-order valence-corrected chi connectivity index (χ2v) is 6.81. The lowest BCUT2D eigenvalue weighted by Gasteiger charge is -2.53. The number of carboxylic acids is 1. The summed E-state index contributed by atoms with van der Waals surface area (Å²) in [7, 11) is 0. The number of carbonyl (C=O) groups is 1. The zero-order valence-electron chi connectivity index (χ0n) is 11.6. The summed E-state index contributed by atoms with van der Waals surface area (Å²) in [6.07, 6.45) is 7.47. The Hall–Kier alpha value is -1.02. The Morgan fingerprint density at radius 1 is 1.10 bits per heavy atom. The van der Waals surface area contributed by atoms with Crippen molar-refractivity contribution in [2.75, 3.05) is 0 Å². The highest BCUT2D eigenvalue weighted by atomic mass is 35.5. The summed E-state index contributed by atoms with van der Waals surface area (Å²) in [5.41, 5.74) is 1.03. The molecule has 1 aromatic rings. The lowest BCUT2D eigenvalue weighted by molar-refractivity contribution is -0.141. The fraction of sp³-hybridized carbons (Fsp3) is 0.588. The fourth-order valence-electron chi connectivity index (χ4n) is 4.75. The zero-order valence-corrected chi connectivity index (χ0v) is 12.4. The maximum absolute atomic E-state index is 11.5. The average Bonchev–Trinajstić information content (AvgIpc) is 2.38. The van der Waals surface area contributed by atoms with E-state index in [0.29, 0.717) is 11.8 Å². The van der Waals surface area contributed by atoms with Crippen LogP contribution < -0.4 is 0 Å². The van der Waals surface area contributed by atoms with Crippen molar-refractivity contribution in [1.82, 2.24) is 0 Å². The predicted octanol–water partition coefficient (Wildman–Crippen LogP) is 4.65. The monoisotopic (exact) mass is 292 g/mol. The first kappa shape index (κ1) is 13.9. The van der Waals surface area contributed by atoms with E-state index in [0.717, 1.165) is 5.02 Å². The van der Waals surface area contributed by atoms with Crippen LogP contribution >= 0.6 is 11.6 Å². The Balaban J connectivity index is 2.07. The normalized spacial score (nSPS) is 32.9.